The fraction of sp³-hybridized carbons (Fsp3) is 0.200. The van der Waals surface area contributed by atoms with Crippen LogP contribution < -0.4 is 4.74 Å². The summed E-state index contributed by atoms with van der Waals surface area (Å²) in [5.74, 6) is 1.30. The monoisotopic (exact) mass is 286 g/mol. The van der Waals surface area contributed by atoms with Gasteiger partial charge in [-0.2, -0.15) is 0 Å². The Hall–Kier alpha value is -1.98. The van der Waals surface area contributed by atoms with E-state index in [1.807, 2.05) is 36.6 Å². The van der Waals surface area contributed by atoms with E-state index in [1.54, 1.807) is 11.3 Å². The van der Waals surface area contributed by atoms with Gasteiger partial charge in [0, 0.05) is 6.61 Å². The summed E-state index contributed by atoms with van der Waals surface area (Å²) < 4.78 is 6.88. The van der Waals surface area contributed by atoms with E-state index in [0.29, 0.717) is 12.3 Å². The Morgan fingerprint density at radius 2 is 2.10 bits per heavy atom. The van der Waals surface area contributed by atoms with Gasteiger partial charge in [0.25, 0.3) is 0 Å². The summed E-state index contributed by atoms with van der Waals surface area (Å²) in [7, 11) is 0. The molecule has 0 aliphatic heterocycles. The number of nitrogens with zero attached hydrogens (tertiary/aromatic N) is 2. The maximum Gasteiger partial charge on any atom is 0.240 e. The van der Waals surface area contributed by atoms with Crippen molar-refractivity contribution in [3.8, 4) is 11.6 Å². The Bertz CT molecular complexity index is 740. The van der Waals surface area contributed by atoms with Crippen LogP contribution in [0.2, 0.25) is 0 Å². The van der Waals surface area contributed by atoms with E-state index in [4.69, 9.17) is 9.84 Å². The van der Waals surface area contributed by atoms with Crippen molar-refractivity contribution in [2.24, 2.45) is 0 Å². The quantitative estimate of drug-likeness (QED) is 0.799. The number of hydrogen-bond acceptors (Lipinski definition) is 5. The molecule has 102 valence electrons. The van der Waals surface area contributed by atoms with Crippen LogP contribution in [0, 0.1) is 6.92 Å². The van der Waals surface area contributed by atoms with Crippen molar-refractivity contribution in [3.63, 3.8) is 0 Å². The van der Waals surface area contributed by atoms with Crippen LogP contribution in [0.1, 0.15) is 11.1 Å². The van der Waals surface area contributed by atoms with Crippen LogP contribution in [0.3, 0.4) is 0 Å². The first kappa shape index (κ1) is 13.0. The minimum atomic E-state index is 0.0949. The Labute approximate surface area is 120 Å². The smallest absolute Gasteiger partial charge is 0.240 e. The van der Waals surface area contributed by atoms with Crippen LogP contribution >= 0.6 is 11.3 Å². The molecule has 20 heavy (non-hydrogen) atoms. The standard InChI is InChI=1S/C15H14N2O2S/c1-10-8-20-14-13(10)16-9-17-15(14)19-12-5-3-2-4-11(12)6-7-18/h2-5,8-9,18H,6-7H2,1H3. The number of thiophene rings is 1. The van der Waals surface area contributed by atoms with E-state index in [9.17, 15) is 0 Å². The average Bonchev–Trinajstić information content (AvgIpc) is 2.84. The molecule has 0 unspecified atom stereocenters. The fourth-order valence-corrected chi connectivity index (χ4v) is 2.98. The lowest BCUT2D eigenvalue weighted by Gasteiger charge is -2.09. The van der Waals surface area contributed by atoms with Gasteiger partial charge in [-0.25, -0.2) is 9.97 Å². The Morgan fingerprint density at radius 3 is 2.95 bits per heavy atom. The first-order chi connectivity index (χ1) is 9.79. The van der Waals surface area contributed by atoms with E-state index in [0.717, 1.165) is 27.1 Å². The first-order valence-electron chi connectivity index (χ1n) is 6.35. The average molecular weight is 286 g/mol. The second-order valence-electron chi connectivity index (χ2n) is 4.46. The lowest BCUT2D eigenvalue weighted by atomic mass is 10.1. The molecule has 0 radical (unpaired) electrons. The second kappa shape index (κ2) is 5.56. The van der Waals surface area contributed by atoms with Gasteiger partial charge in [0.2, 0.25) is 5.88 Å². The highest BCUT2D eigenvalue weighted by Gasteiger charge is 2.11. The van der Waals surface area contributed by atoms with Gasteiger partial charge in [-0.3, -0.25) is 0 Å². The maximum absolute atomic E-state index is 9.11. The van der Waals surface area contributed by atoms with Gasteiger partial charge in [0.05, 0.1) is 5.52 Å². The zero-order valence-electron chi connectivity index (χ0n) is 11.0. The Balaban J connectivity index is 2.01. The predicted octanol–water partition coefficient (Wildman–Crippen LogP) is 3.33. The molecule has 4 nitrogen and oxygen atoms in total. The molecule has 0 saturated heterocycles. The van der Waals surface area contributed by atoms with E-state index >= 15 is 0 Å². The summed E-state index contributed by atoms with van der Waals surface area (Å²) in [6.07, 6.45) is 2.08. The molecule has 5 heteroatoms. The lowest BCUT2D eigenvalue weighted by molar-refractivity contribution is 0.297. The molecule has 2 heterocycles. The summed E-state index contributed by atoms with van der Waals surface area (Å²) in [6.45, 7) is 2.12. The molecule has 3 aromatic rings. The highest BCUT2D eigenvalue weighted by Crippen LogP contribution is 2.33. The number of aliphatic hydroxyl groups excluding tert-OH is 1. The van der Waals surface area contributed by atoms with Gasteiger partial charge in [-0.15, -0.1) is 11.3 Å². The summed E-state index contributed by atoms with van der Waals surface area (Å²) in [6, 6.07) is 7.68. The minimum Gasteiger partial charge on any atom is -0.437 e. The number of fused-ring (bicyclic) bond motifs is 1. The predicted molar refractivity (Wildman–Crippen MR) is 79.5 cm³/mol. The van der Waals surface area contributed by atoms with Gasteiger partial charge < -0.3 is 9.84 Å². The largest absolute Gasteiger partial charge is 0.437 e. The molecule has 3 rings (SSSR count). The number of hydrogen-bond donors (Lipinski definition) is 1. The van der Waals surface area contributed by atoms with Gasteiger partial charge in [0.15, 0.2) is 0 Å². The molecular formula is C15H14N2O2S. The summed E-state index contributed by atoms with van der Waals surface area (Å²) in [5.41, 5.74) is 3.02. The highest BCUT2D eigenvalue weighted by molar-refractivity contribution is 7.17. The van der Waals surface area contributed by atoms with Gasteiger partial charge in [-0.05, 0) is 35.9 Å². The minimum absolute atomic E-state index is 0.0949. The molecule has 0 bridgehead atoms. The van der Waals surface area contributed by atoms with E-state index in [-0.39, 0.29) is 6.61 Å². The lowest BCUT2D eigenvalue weighted by Crippen LogP contribution is -1.96. The molecule has 0 spiro atoms. The molecular weight excluding hydrogens is 272 g/mol. The molecule has 1 aromatic carbocycles. The number of rotatable bonds is 4. The number of aliphatic hydroxyl groups is 1. The van der Waals surface area contributed by atoms with Crippen molar-refractivity contribution in [1.82, 2.24) is 9.97 Å². The van der Waals surface area contributed by atoms with Crippen LogP contribution in [0.5, 0.6) is 11.6 Å². The normalized spacial score (nSPS) is 10.9. The van der Waals surface area contributed by atoms with Crippen LogP contribution in [0.25, 0.3) is 10.2 Å². The van der Waals surface area contributed by atoms with E-state index in [1.165, 1.54) is 6.33 Å². The van der Waals surface area contributed by atoms with E-state index < -0.39 is 0 Å². The van der Waals surface area contributed by atoms with Crippen LogP contribution in [0.15, 0.2) is 36.0 Å². The molecule has 0 saturated carbocycles. The first-order valence-corrected chi connectivity index (χ1v) is 7.23. The van der Waals surface area contributed by atoms with Crippen molar-refractivity contribution in [2.45, 2.75) is 13.3 Å². The summed E-state index contributed by atoms with van der Waals surface area (Å²) in [5, 5.41) is 11.2. The Kier molecular flexibility index (Phi) is 3.62. The fourth-order valence-electron chi connectivity index (χ4n) is 2.06. The third-order valence-corrected chi connectivity index (χ3v) is 4.13. The van der Waals surface area contributed by atoms with E-state index in [2.05, 4.69) is 9.97 Å². The number of para-hydroxylation sites is 1. The van der Waals surface area contributed by atoms with Crippen molar-refractivity contribution < 1.29 is 9.84 Å². The number of ether oxygens (including phenoxy) is 1. The van der Waals surface area contributed by atoms with Gasteiger partial charge in [-0.1, -0.05) is 18.2 Å². The Morgan fingerprint density at radius 1 is 1.25 bits per heavy atom. The second-order valence-corrected chi connectivity index (χ2v) is 5.34. The number of aromatic nitrogens is 2. The highest BCUT2D eigenvalue weighted by atomic mass is 32.1. The third-order valence-electron chi connectivity index (χ3n) is 3.06. The van der Waals surface area contributed by atoms with Crippen LogP contribution in [-0.4, -0.2) is 21.7 Å². The summed E-state index contributed by atoms with van der Waals surface area (Å²) in [4.78, 5) is 8.51. The number of aryl methyl sites for hydroxylation is 1. The van der Waals surface area contributed by atoms with Crippen molar-refractivity contribution >= 4 is 21.6 Å². The summed E-state index contributed by atoms with van der Waals surface area (Å²) >= 11 is 1.58. The topological polar surface area (TPSA) is 55.2 Å². The van der Waals surface area contributed by atoms with Crippen molar-refractivity contribution in [2.75, 3.05) is 6.61 Å². The molecule has 0 fully saturated rings. The van der Waals surface area contributed by atoms with Crippen molar-refractivity contribution in [1.29, 1.82) is 0 Å². The third kappa shape index (κ3) is 2.37. The van der Waals surface area contributed by atoms with Gasteiger partial charge in [0.1, 0.15) is 16.8 Å². The molecule has 0 atom stereocenters. The molecule has 0 aliphatic carbocycles. The van der Waals surface area contributed by atoms with Crippen LogP contribution in [-0.2, 0) is 6.42 Å². The zero-order chi connectivity index (χ0) is 13.9. The molecule has 0 amide bonds. The molecule has 0 aliphatic rings. The van der Waals surface area contributed by atoms with Gasteiger partial charge >= 0.3 is 0 Å². The SMILES string of the molecule is Cc1csc2c(Oc3ccccc3CCO)ncnc12. The maximum atomic E-state index is 9.11. The number of benzene rings is 1. The van der Waals surface area contributed by atoms with Crippen molar-refractivity contribution in [3.05, 3.63) is 47.1 Å². The van der Waals surface area contributed by atoms with Crippen LogP contribution in [0.4, 0.5) is 0 Å². The molecule has 2 aromatic heterocycles. The molecule has 1 N–H and O–H groups in total. The zero-order valence-corrected chi connectivity index (χ0v) is 11.9.